The van der Waals surface area contributed by atoms with Crippen LogP contribution in [0.25, 0.3) is 0 Å². The van der Waals surface area contributed by atoms with Crippen molar-refractivity contribution >= 4 is 21.6 Å². The lowest BCUT2D eigenvalue weighted by atomic mass is 9.93. The molecule has 2 heterocycles. The van der Waals surface area contributed by atoms with Crippen molar-refractivity contribution in [3.8, 4) is 0 Å². The first-order chi connectivity index (χ1) is 16.3. The van der Waals surface area contributed by atoms with E-state index in [-0.39, 0.29) is 16.6 Å². The summed E-state index contributed by atoms with van der Waals surface area (Å²) >= 11 is 0. The topological polar surface area (TPSA) is 92.0 Å². The van der Waals surface area contributed by atoms with Crippen molar-refractivity contribution in [2.75, 3.05) is 6.54 Å². The molecular weight excluding hydrogens is 457 g/mol. The highest BCUT2D eigenvalue weighted by molar-refractivity contribution is 7.89. The maximum atomic E-state index is 13.3. The van der Waals surface area contributed by atoms with Gasteiger partial charge in [0.05, 0.1) is 10.6 Å². The highest BCUT2D eigenvalue weighted by Gasteiger charge is 2.31. The molecular formula is C25H24FN3O4S. The first kappa shape index (κ1) is 22.3. The molecule has 0 bridgehead atoms. The smallest absolute Gasteiger partial charge is 0.290 e. The van der Waals surface area contributed by atoms with Gasteiger partial charge in [0.2, 0.25) is 0 Å². The van der Waals surface area contributed by atoms with Gasteiger partial charge in [-0.2, -0.15) is 18.4 Å². The number of furan rings is 1. The second kappa shape index (κ2) is 8.72. The standard InChI is InChI=1S/C25H24FN3O4S/c1-16-23-21(27-28-34(31,32)20-11-9-19(26)10-12-20)7-4-8-22(23)33-24(16)25(30)29-14-13-17-5-2-3-6-18(17)15-29/h2-3,5-6,9-12,28H,4,7-8,13-15H2,1H3/b27-21+. The number of hydrogen-bond acceptors (Lipinski definition) is 5. The summed E-state index contributed by atoms with van der Waals surface area (Å²) in [6, 6.07) is 12.6. The first-order valence-electron chi connectivity index (χ1n) is 11.2. The minimum Gasteiger partial charge on any atom is -0.455 e. The molecule has 1 aliphatic heterocycles. The molecule has 0 unspecified atom stereocenters. The van der Waals surface area contributed by atoms with Crippen LogP contribution in [0, 0.1) is 12.7 Å². The quantitative estimate of drug-likeness (QED) is 0.572. The van der Waals surface area contributed by atoms with Gasteiger partial charge in [-0.3, -0.25) is 4.79 Å². The minimum atomic E-state index is -3.96. The summed E-state index contributed by atoms with van der Waals surface area (Å²) in [4.78, 5) is 17.3. The predicted octanol–water partition coefficient (Wildman–Crippen LogP) is 3.94. The van der Waals surface area contributed by atoms with Gasteiger partial charge in [-0.05, 0) is 61.6 Å². The van der Waals surface area contributed by atoms with Gasteiger partial charge in [0.25, 0.3) is 15.9 Å². The van der Waals surface area contributed by atoms with Gasteiger partial charge in [0, 0.05) is 30.6 Å². The third-order valence-corrected chi connectivity index (χ3v) is 7.59. The number of nitrogens with zero attached hydrogens (tertiary/aromatic N) is 2. The summed E-state index contributed by atoms with van der Waals surface area (Å²) < 4.78 is 44.3. The highest BCUT2D eigenvalue weighted by Crippen LogP contribution is 2.31. The molecule has 1 N–H and O–H groups in total. The minimum absolute atomic E-state index is 0.0838. The second-order valence-corrected chi connectivity index (χ2v) is 10.2. The lowest BCUT2D eigenvalue weighted by Crippen LogP contribution is -2.36. The first-order valence-corrected chi connectivity index (χ1v) is 12.6. The highest BCUT2D eigenvalue weighted by atomic mass is 32.2. The molecule has 0 saturated carbocycles. The Morgan fingerprint density at radius 3 is 2.56 bits per heavy atom. The van der Waals surface area contributed by atoms with E-state index in [0.717, 1.165) is 30.5 Å². The van der Waals surface area contributed by atoms with Gasteiger partial charge in [-0.25, -0.2) is 4.39 Å². The van der Waals surface area contributed by atoms with Crippen molar-refractivity contribution in [2.24, 2.45) is 5.10 Å². The van der Waals surface area contributed by atoms with E-state index >= 15 is 0 Å². The average Bonchev–Trinajstić information content (AvgIpc) is 3.19. The van der Waals surface area contributed by atoms with Crippen molar-refractivity contribution in [3.63, 3.8) is 0 Å². The maximum Gasteiger partial charge on any atom is 0.290 e. The van der Waals surface area contributed by atoms with Gasteiger partial charge in [0.1, 0.15) is 11.6 Å². The Morgan fingerprint density at radius 1 is 1.06 bits per heavy atom. The lowest BCUT2D eigenvalue weighted by Gasteiger charge is -2.28. The fourth-order valence-corrected chi connectivity index (χ4v) is 5.41. The van der Waals surface area contributed by atoms with E-state index in [9.17, 15) is 17.6 Å². The normalized spacial score (nSPS) is 16.8. The molecule has 1 aromatic heterocycles. The molecule has 3 aromatic rings. The van der Waals surface area contributed by atoms with Gasteiger partial charge < -0.3 is 9.32 Å². The molecule has 0 fully saturated rings. The number of amides is 1. The zero-order valence-corrected chi connectivity index (χ0v) is 19.5. The number of rotatable bonds is 4. The van der Waals surface area contributed by atoms with Crippen molar-refractivity contribution in [1.29, 1.82) is 0 Å². The van der Waals surface area contributed by atoms with Crippen LogP contribution in [0.5, 0.6) is 0 Å². The average molecular weight is 482 g/mol. The van der Waals surface area contributed by atoms with Crippen LogP contribution in [0.1, 0.15) is 51.4 Å². The fourth-order valence-electron chi connectivity index (χ4n) is 4.58. The summed E-state index contributed by atoms with van der Waals surface area (Å²) in [7, 11) is -3.96. The van der Waals surface area contributed by atoms with Crippen molar-refractivity contribution in [3.05, 3.63) is 88.1 Å². The molecule has 2 aromatic carbocycles. The monoisotopic (exact) mass is 481 g/mol. The van der Waals surface area contributed by atoms with Crippen LogP contribution >= 0.6 is 0 Å². The maximum absolute atomic E-state index is 13.3. The third kappa shape index (κ3) is 4.11. The summed E-state index contributed by atoms with van der Waals surface area (Å²) in [5, 5.41) is 4.17. The summed E-state index contributed by atoms with van der Waals surface area (Å²) in [6.45, 7) is 2.94. The number of benzene rings is 2. The van der Waals surface area contributed by atoms with Crippen LogP contribution in [0.2, 0.25) is 0 Å². The van der Waals surface area contributed by atoms with Crippen LogP contribution in [0.15, 0.2) is 62.9 Å². The molecule has 1 amide bonds. The number of hydrazone groups is 1. The molecule has 0 radical (unpaired) electrons. The molecule has 34 heavy (non-hydrogen) atoms. The van der Waals surface area contributed by atoms with E-state index in [1.807, 2.05) is 25.1 Å². The van der Waals surface area contributed by atoms with Gasteiger partial charge >= 0.3 is 0 Å². The Balaban J connectivity index is 1.41. The number of fused-ring (bicyclic) bond motifs is 2. The van der Waals surface area contributed by atoms with Crippen LogP contribution in [-0.4, -0.2) is 31.5 Å². The summed E-state index contributed by atoms with van der Waals surface area (Å²) in [5.74, 6) is 0.225. The van der Waals surface area contributed by atoms with E-state index in [4.69, 9.17) is 4.42 Å². The number of carbonyl (C=O) groups is 1. The van der Waals surface area contributed by atoms with E-state index in [1.165, 1.54) is 17.7 Å². The largest absolute Gasteiger partial charge is 0.455 e. The number of sulfonamides is 1. The molecule has 0 saturated heterocycles. The number of carbonyl (C=O) groups excluding carboxylic acids is 1. The molecule has 9 heteroatoms. The Labute approximate surface area is 197 Å². The van der Waals surface area contributed by atoms with Gasteiger partial charge in [0.15, 0.2) is 5.76 Å². The van der Waals surface area contributed by atoms with Crippen LogP contribution in [0.3, 0.4) is 0 Å². The van der Waals surface area contributed by atoms with Crippen LogP contribution in [0.4, 0.5) is 4.39 Å². The molecule has 176 valence electrons. The number of hydrogen-bond donors (Lipinski definition) is 1. The number of aryl methyl sites for hydroxylation is 1. The third-order valence-electron chi connectivity index (χ3n) is 6.36. The molecule has 7 nitrogen and oxygen atoms in total. The van der Waals surface area contributed by atoms with Crippen LogP contribution in [-0.2, 0) is 29.4 Å². The van der Waals surface area contributed by atoms with E-state index < -0.39 is 15.8 Å². The van der Waals surface area contributed by atoms with Gasteiger partial charge in [-0.15, -0.1) is 0 Å². The summed E-state index contributed by atoms with van der Waals surface area (Å²) in [6.07, 6.45) is 2.71. The molecule has 0 atom stereocenters. The Bertz CT molecular complexity index is 1390. The predicted molar refractivity (Wildman–Crippen MR) is 125 cm³/mol. The van der Waals surface area contributed by atoms with E-state index in [0.29, 0.717) is 48.5 Å². The van der Waals surface area contributed by atoms with E-state index in [1.54, 1.807) is 4.90 Å². The Hall–Kier alpha value is -3.46. The molecule has 1 aliphatic carbocycles. The van der Waals surface area contributed by atoms with Crippen molar-refractivity contribution in [1.82, 2.24) is 9.73 Å². The van der Waals surface area contributed by atoms with Crippen LogP contribution < -0.4 is 4.83 Å². The molecule has 2 aliphatic rings. The van der Waals surface area contributed by atoms with Crippen molar-refractivity contribution in [2.45, 2.75) is 44.0 Å². The SMILES string of the molecule is Cc1c(C(=O)N2CCc3ccccc3C2)oc2c1/C(=N/NS(=O)(=O)c1ccc(F)cc1)CCC2. The lowest BCUT2D eigenvalue weighted by molar-refractivity contribution is 0.0699. The molecule has 0 spiro atoms. The Kier molecular flexibility index (Phi) is 5.73. The van der Waals surface area contributed by atoms with Crippen molar-refractivity contribution < 1.29 is 22.0 Å². The Morgan fingerprint density at radius 2 is 1.79 bits per heavy atom. The second-order valence-electron chi connectivity index (χ2n) is 8.56. The van der Waals surface area contributed by atoms with Gasteiger partial charge in [-0.1, -0.05) is 24.3 Å². The zero-order chi connectivity index (χ0) is 23.9. The number of nitrogens with one attached hydrogen (secondary N) is 1. The summed E-state index contributed by atoms with van der Waals surface area (Å²) in [5.41, 5.74) is 4.27. The van der Waals surface area contributed by atoms with E-state index in [2.05, 4.69) is 16.0 Å². The number of halogens is 1. The zero-order valence-electron chi connectivity index (χ0n) is 18.7. The molecule has 5 rings (SSSR count). The fraction of sp³-hybridized carbons (Fsp3) is 0.280.